The molecule has 0 amide bonds. The van der Waals surface area contributed by atoms with Crippen LogP contribution in [0.15, 0.2) is 36.4 Å². The summed E-state index contributed by atoms with van der Waals surface area (Å²) >= 11 is 11.7. The van der Waals surface area contributed by atoms with Gasteiger partial charge in [0.15, 0.2) is 5.78 Å². The average molecular weight is 296 g/mol. The third kappa shape index (κ3) is 2.67. The minimum absolute atomic E-state index is 0.256. The highest BCUT2D eigenvalue weighted by molar-refractivity contribution is 6.42. The zero-order valence-corrected chi connectivity index (χ0v) is 11.6. The SMILES string of the molecule is COc1cccc(N)c1C(=O)c1ccc(Cl)c(Cl)c1. The summed E-state index contributed by atoms with van der Waals surface area (Å²) in [6, 6.07) is 9.73. The number of anilines is 1. The Labute approximate surface area is 120 Å². The Balaban J connectivity index is 2.52. The second kappa shape index (κ2) is 5.51. The molecule has 2 aromatic rings. The Morgan fingerprint density at radius 2 is 1.89 bits per heavy atom. The molecule has 0 unspecified atom stereocenters. The first kappa shape index (κ1) is 13.7. The van der Waals surface area contributed by atoms with E-state index in [0.29, 0.717) is 32.6 Å². The van der Waals surface area contributed by atoms with Crippen LogP contribution in [-0.2, 0) is 0 Å². The average Bonchev–Trinajstić information content (AvgIpc) is 2.40. The van der Waals surface area contributed by atoms with E-state index in [1.165, 1.54) is 13.2 Å². The predicted octanol–water partition coefficient (Wildman–Crippen LogP) is 3.82. The van der Waals surface area contributed by atoms with Gasteiger partial charge in [-0.25, -0.2) is 0 Å². The third-order valence-corrected chi connectivity index (χ3v) is 3.43. The van der Waals surface area contributed by atoms with Crippen LogP contribution < -0.4 is 10.5 Å². The molecule has 3 nitrogen and oxygen atoms in total. The lowest BCUT2D eigenvalue weighted by atomic mass is 10.0. The highest BCUT2D eigenvalue weighted by Crippen LogP contribution is 2.29. The molecule has 98 valence electrons. The summed E-state index contributed by atoms with van der Waals surface area (Å²) in [5, 5.41) is 0.715. The van der Waals surface area contributed by atoms with Gasteiger partial charge in [-0.2, -0.15) is 0 Å². The van der Waals surface area contributed by atoms with Crippen LogP contribution in [0, 0.1) is 0 Å². The van der Waals surface area contributed by atoms with E-state index in [2.05, 4.69) is 0 Å². The second-order valence-corrected chi connectivity index (χ2v) is 4.70. The van der Waals surface area contributed by atoms with Crippen LogP contribution in [0.1, 0.15) is 15.9 Å². The van der Waals surface area contributed by atoms with Crippen LogP contribution in [-0.4, -0.2) is 12.9 Å². The maximum Gasteiger partial charge on any atom is 0.198 e. The van der Waals surface area contributed by atoms with Gasteiger partial charge in [-0.1, -0.05) is 29.3 Å². The molecule has 0 heterocycles. The van der Waals surface area contributed by atoms with Crippen molar-refractivity contribution in [1.29, 1.82) is 0 Å². The van der Waals surface area contributed by atoms with Crippen molar-refractivity contribution in [3.8, 4) is 5.75 Å². The molecule has 0 bridgehead atoms. The van der Waals surface area contributed by atoms with Crippen LogP contribution in [0.25, 0.3) is 0 Å². The molecule has 5 heteroatoms. The van der Waals surface area contributed by atoms with Gasteiger partial charge >= 0.3 is 0 Å². The zero-order chi connectivity index (χ0) is 14.0. The number of nitrogens with two attached hydrogens (primary N) is 1. The van der Waals surface area contributed by atoms with E-state index in [4.69, 9.17) is 33.7 Å². The lowest BCUT2D eigenvalue weighted by Gasteiger charge is -2.10. The van der Waals surface area contributed by atoms with Gasteiger partial charge in [-0.3, -0.25) is 4.79 Å². The first-order chi connectivity index (χ1) is 9.04. The molecule has 0 aliphatic carbocycles. The molecule has 19 heavy (non-hydrogen) atoms. The quantitative estimate of drug-likeness (QED) is 0.692. The maximum atomic E-state index is 12.4. The fraction of sp³-hybridized carbons (Fsp3) is 0.0714. The fourth-order valence-electron chi connectivity index (χ4n) is 1.74. The first-order valence-electron chi connectivity index (χ1n) is 5.47. The number of carbonyl (C=O) groups excluding carboxylic acids is 1. The van der Waals surface area contributed by atoms with Gasteiger partial charge in [-0.15, -0.1) is 0 Å². The molecule has 2 rings (SSSR count). The summed E-state index contributed by atoms with van der Waals surface area (Å²) in [6.07, 6.45) is 0. The number of hydrogen-bond acceptors (Lipinski definition) is 3. The Morgan fingerprint density at radius 3 is 2.53 bits per heavy atom. The van der Waals surface area contributed by atoms with E-state index in [1.807, 2.05) is 0 Å². The van der Waals surface area contributed by atoms with Crippen molar-refractivity contribution in [3.63, 3.8) is 0 Å². The normalized spacial score (nSPS) is 10.3. The summed E-state index contributed by atoms with van der Waals surface area (Å²) < 4.78 is 5.16. The molecular weight excluding hydrogens is 285 g/mol. The molecular formula is C14H11Cl2NO2. The number of nitrogen functional groups attached to an aromatic ring is 1. The number of hydrogen-bond donors (Lipinski definition) is 1. The first-order valence-corrected chi connectivity index (χ1v) is 6.22. The molecule has 0 radical (unpaired) electrons. The van der Waals surface area contributed by atoms with E-state index in [1.54, 1.807) is 30.3 Å². The molecule has 2 N–H and O–H groups in total. The molecule has 0 aromatic heterocycles. The molecule has 2 aromatic carbocycles. The molecule has 0 fully saturated rings. The smallest absolute Gasteiger partial charge is 0.198 e. The van der Waals surface area contributed by atoms with E-state index < -0.39 is 0 Å². The zero-order valence-electron chi connectivity index (χ0n) is 10.1. The summed E-state index contributed by atoms with van der Waals surface area (Å²) in [7, 11) is 1.49. The van der Waals surface area contributed by atoms with Crippen LogP contribution in [0.4, 0.5) is 5.69 Å². The number of rotatable bonds is 3. The van der Waals surface area contributed by atoms with Crippen LogP contribution >= 0.6 is 23.2 Å². The minimum atomic E-state index is -0.256. The second-order valence-electron chi connectivity index (χ2n) is 3.88. The number of benzene rings is 2. The summed E-state index contributed by atoms with van der Waals surface area (Å²) in [5.74, 6) is 0.171. The molecule has 0 aliphatic rings. The van der Waals surface area contributed by atoms with Crippen molar-refractivity contribution < 1.29 is 9.53 Å². The number of carbonyl (C=O) groups is 1. The Hall–Kier alpha value is -1.71. The number of ether oxygens (including phenoxy) is 1. The third-order valence-electron chi connectivity index (χ3n) is 2.69. The van der Waals surface area contributed by atoms with Crippen molar-refractivity contribution in [3.05, 3.63) is 57.6 Å². The Bertz CT molecular complexity index is 641. The van der Waals surface area contributed by atoms with E-state index in [-0.39, 0.29) is 5.78 Å². The number of methoxy groups -OCH3 is 1. The largest absolute Gasteiger partial charge is 0.496 e. The summed E-state index contributed by atoms with van der Waals surface area (Å²) in [5.41, 5.74) is 6.93. The standard InChI is InChI=1S/C14H11Cl2NO2/c1-19-12-4-2-3-11(17)13(12)14(18)8-5-6-9(15)10(16)7-8/h2-7H,17H2,1H3. The number of halogens is 2. The predicted molar refractivity (Wildman–Crippen MR) is 77.3 cm³/mol. The van der Waals surface area contributed by atoms with E-state index in [0.717, 1.165) is 0 Å². The van der Waals surface area contributed by atoms with Gasteiger partial charge in [-0.05, 0) is 30.3 Å². The molecule has 0 spiro atoms. The van der Waals surface area contributed by atoms with Gasteiger partial charge in [0, 0.05) is 11.3 Å². The van der Waals surface area contributed by atoms with Crippen LogP contribution in [0.3, 0.4) is 0 Å². The lowest BCUT2D eigenvalue weighted by Crippen LogP contribution is -2.07. The highest BCUT2D eigenvalue weighted by Gasteiger charge is 2.18. The van der Waals surface area contributed by atoms with Crippen molar-refractivity contribution in [2.45, 2.75) is 0 Å². The lowest BCUT2D eigenvalue weighted by molar-refractivity contribution is 0.103. The van der Waals surface area contributed by atoms with E-state index in [9.17, 15) is 4.79 Å². The van der Waals surface area contributed by atoms with Crippen molar-refractivity contribution in [2.75, 3.05) is 12.8 Å². The van der Waals surface area contributed by atoms with Gasteiger partial charge < -0.3 is 10.5 Å². The summed E-state index contributed by atoms with van der Waals surface area (Å²) in [4.78, 5) is 12.4. The van der Waals surface area contributed by atoms with Crippen molar-refractivity contribution >= 4 is 34.7 Å². The topological polar surface area (TPSA) is 52.3 Å². The maximum absolute atomic E-state index is 12.4. The summed E-state index contributed by atoms with van der Waals surface area (Å²) in [6.45, 7) is 0. The number of ketones is 1. The van der Waals surface area contributed by atoms with Crippen molar-refractivity contribution in [1.82, 2.24) is 0 Å². The monoisotopic (exact) mass is 295 g/mol. The Morgan fingerprint density at radius 1 is 1.16 bits per heavy atom. The van der Waals surface area contributed by atoms with Crippen molar-refractivity contribution in [2.24, 2.45) is 0 Å². The van der Waals surface area contributed by atoms with Gasteiger partial charge in [0.05, 0.1) is 22.7 Å². The van der Waals surface area contributed by atoms with Crippen LogP contribution in [0.2, 0.25) is 10.0 Å². The van der Waals surface area contributed by atoms with Gasteiger partial charge in [0.2, 0.25) is 0 Å². The van der Waals surface area contributed by atoms with Gasteiger partial charge in [0.25, 0.3) is 0 Å². The van der Waals surface area contributed by atoms with E-state index >= 15 is 0 Å². The molecule has 0 aliphatic heterocycles. The van der Waals surface area contributed by atoms with Crippen LogP contribution in [0.5, 0.6) is 5.75 Å². The Kier molecular flexibility index (Phi) is 3.98. The highest BCUT2D eigenvalue weighted by atomic mass is 35.5. The molecule has 0 saturated carbocycles. The minimum Gasteiger partial charge on any atom is -0.496 e. The molecule has 0 atom stereocenters. The fourth-order valence-corrected chi connectivity index (χ4v) is 2.04. The van der Waals surface area contributed by atoms with Gasteiger partial charge in [0.1, 0.15) is 5.75 Å². The molecule has 0 saturated heterocycles.